The largest absolute Gasteiger partial charge is 0.497 e. The Morgan fingerprint density at radius 1 is 1.04 bits per heavy atom. The standard InChI is InChI=1S/C19H25NO3/c1-4-20(15-8-6-5-7-9-15)13-12-18(21)17-11-10-16(22-2)14-19(17)23-3/h5-11,14,18,21H,4,12-13H2,1-3H3. The lowest BCUT2D eigenvalue weighted by atomic mass is 10.0. The van der Waals surface area contributed by atoms with Crippen LogP contribution in [0.25, 0.3) is 0 Å². The zero-order valence-corrected chi connectivity index (χ0v) is 14.0. The molecule has 4 heteroatoms. The van der Waals surface area contributed by atoms with E-state index < -0.39 is 6.10 Å². The third-order valence-electron chi connectivity index (χ3n) is 3.98. The first-order valence-electron chi connectivity index (χ1n) is 7.89. The number of anilines is 1. The third-order valence-corrected chi connectivity index (χ3v) is 3.98. The van der Waals surface area contributed by atoms with Crippen molar-refractivity contribution >= 4 is 5.69 Å². The van der Waals surface area contributed by atoms with E-state index in [4.69, 9.17) is 9.47 Å². The Morgan fingerprint density at radius 3 is 2.39 bits per heavy atom. The molecule has 0 aliphatic rings. The highest BCUT2D eigenvalue weighted by atomic mass is 16.5. The Kier molecular flexibility index (Phi) is 6.29. The number of nitrogens with zero attached hydrogens (tertiary/aromatic N) is 1. The van der Waals surface area contributed by atoms with Gasteiger partial charge in [-0.1, -0.05) is 18.2 Å². The highest BCUT2D eigenvalue weighted by Gasteiger charge is 2.15. The Morgan fingerprint density at radius 2 is 1.78 bits per heavy atom. The monoisotopic (exact) mass is 315 g/mol. The van der Waals surface area contributed by atoms with E-state index in [0.717, 1.165) is 24.4 Å². The van der Waals surface area contributed by atoms with Crippen molar-refractivity contribution in [1.29, 1.82) is 0 Å². The number of ether oxygens (including phenoxy) is 2. The second-order valence-electron chi connectivity index (χ2n) is 5.33. The van der Waals surface area contributed by atoms with Gasteiger partial charge in [0.25, 0.3) is 0 Å². The van der Waals surface area contributed by atoms with Crippen molar-refractivity contribution in [3.63, 3.8) is 0 Å². The maximum atomic E-state index is 10.5. The highest BCUT2D eigenvalue weighted by molar-refractivity contribution is 5.46. The maximum absolute atomic E-state index is 10.5. The highest BCUT2D eigenvalue weighted by Crippen LogP contribution is 2.31. The van der Waals surface area contributed by atoms with Crippen molar-refractivity contribution < 1.29 is 14.6 Å². The topological polar surface area (TPSA) is 41.9 Å². The van der Waals surface area contributed by atoms with Gasteiger partial charge in [-0.25, -0.2) is 0 Å². The molecule has 23 heavy (non-hydrogen) atoms. The van der Waals surface area contributed by atoms with Crippen molar-refractivity contribution in [2.75, 3.05) is 32.2 Å². The lowest BCUT2D eigenvalue weighted by Crippen LogP contribution is -2.25. The summed E-state index contributed by atoms with van der Waals surface area (Å²) < 4.78 is 10.6. The molecular weight excluding hydrogens is 290 g/mol. The SMILES string of the molecule is CCN(CCC(O)c1ccc(OC)cc1OC)c1ccccc1. The average molecular weight is 315 g/mol. The van der Waals surface area contributed by atoms with Gasteiger partial charge in [-0.3, -0.25) is 0 Å². The fourth-order valence-electron chi connectivity index (χ4n) is 2.64. The smallest absolute Gasteiger partial charge is 0.128 e. The minimum absolute atomic E-state index is 0.575. The molecule has 2 aromatic carbocycles. The first-order chi connectivity index (χ1) is 11.2. The number of benzene rings is 2. The maximum Gasteiger partial charge on any atom is 0.128 e. The number of aliphatic hydroxyl groups excluding tert-OH is 1. The summed E-state index contributed by atoms with van der Waals surface area (Å²) in [5.41, 5.74) is 1.96. The molecule has 0 fully saturated rings. The summed E-state index contributed by atoms with van der Waals surface area (Å²) in [5.74, 6) is 1.37. The number of hydrogen-bond acceptors (Lipinski definition) is 4. The molecule has 0 saturated heterocycles. The van der Waals surface area contributed by atoms with Gasteiger partial charge in [0.15, 0.2) is 0 Å². The van der Waals surface area contributed by atoms with Gasteiger partial charge < -0.3 is 19.5 Å². The summed E-state index contributed by atoms with van der Waals surface area (Å²) in [5, 5.41) is 10.5. The van der Waals surface area contributed by atoms with Crippen LogP contribution in [0, 0.1) is 0 Å². The fraction of sp³-hybridized carbons (Fsp3) is 0.368. The molecule has 124 valence electrons. The third kappa shape index (κ3) is 4.39. The number of methoxy groups -OCH3 is 2. The van der Waals surface area contributed by atoms with E-state index >= 15 is 0 Å². The summed E-state index contributed by atoms with van der Waals surface area (Å²) >= 11 is 0. The molecule has 2 rings (SSSR count). The second kappa shape index (κ2) is 8.44. The van der Waals surface area contributed by atoms with Gasteiger partial charge in [0.2, 0.25) is 0 Å². The van der Waals surface area contributed by atoms with Crippen LogP contribution in [-0.2, 0) is 0 Å². The van der Waals surface area contributed by atoms with Crippen LogP contribution in [0.5, 0.6) is 11.5 Å². The average Bonchev–Trinajstić information content (AvgIpc) is 2.62. The number of hydrogen-bond donors (Lipinski definition) is 1. The Hall–Kier alpha value is -2.20. The molecule has 0 bridgehead atoms. The molecule has 1 atom stereocenters. The van der Waals surface area contributed by atoms with Gasteiger partial charge in [0.05, 0.1) is 20.3 Å². The van der Waals surface area contributed by atoms with Gasteiger partial charge in [-0.2, -0.15) is 0 Å². The Bertz CT molecular complexity index is 601. The van der Waals surface area contributed by atoms with Gasteiger partial charge in [0, 0.05) is 30.4 Å². The van der Waals surface area contributed by atoms with Crippen LogP contribution in [0.3, 0.4) is 0 Å². The molecule has 0 heterocycles. The Balaban J connectivity index is 2.05. The van der Waals surface area contributed by atoms with Gasteiger partial charge in [-0.05, 0) is 37.6 Å². The van der Waals surface area contributed by atoms with Crippen molar-refractivity contribution in [2.24, 2.45) is 0 Å². The summed E-state index contributed by atoms with van der Waals surface area (Å²) in [7, 11) is 3.22. The lowest BCUT2D eigenvalue weighted by molar-refractivity contribution is 0.165. The zero-order valence-electron chi connectivity index (χ0n) is 14.0. The summed E-state index contributed by atoms with van der Waals surface area (Å²) in [6.45, 7) is 3.79. The van der Waals surface area contributed by atoms with Crippen LogP contribution in [0.2, 0.25) is 0 Å². The van der Waals surface area contributed by atoms with E-state index in [1.807, 2.05) is 30.3 Å². The summed E-state index contributed by atoms with van der Waals surface area (Å²) in [6.07, 6.45) is 0.0550. The Labute approximate surface area is 138 Å². The molecule has 0 saturated carbocycles. The van der Waals surface area contributed by atoms with Gasteiger partial charge in [-0.15, -0.1) is 0 Å². The molecule has 0 spiro atoms. The lowest BCUT2D eigenvalue weighted by Gasteiger charge is -2.25. The molecular formula is C19H25NO3. The second-order valence-corrected chi connectivity index (χ2v) is 5.33. The molecule has 0 aromatic heterocycles. The van der Waals surface area contributed by atoms with Crippen LogP contribution in [-0.4, -0.2) is 32.4 Å². The van der Waals surface area contributed by atoms with Crippen molar-refractivity contribution in [3.05, 3.63) is 54.1 Å². The minimum atomic E-state index is -0.575. The molecule has 1 unspecified atom stereocenters. The zero-order chi connectivity index (χ0) is 16.7. The quantitative estimate of drug-likeness (QED) is 0.807. The normalized spacial score (nSPS) is 11.8. The van der Waals surface area contributed by atoms with E-state index in [2.05, 4.69) is 24.0 Å². The summed E-state index contributed by atoms with van der Waals surface area (Å²) in [4.78, 5) is 2.25. The van der Waals surface area contributed by atoms with E-state index in [1.54, 1.807) is 20.3 Å². The van der Waals surface area contributed by atoms with E-state index in [0.29, 0.717) is 12.2 Å². The molecule has 0 radical (unpaired) electrons. The van der Waals surface area contributed by atoms with Crippen molar-refractivity contribution in [2.45, 2.75) is 19.4 Å². The molecule has 0 aliphatic carbocycles. The fourth-order valence-corrected chi connectivity index (χ4v) is 2.64. The van der Waals surface area contributed by atoms with E-state index in [9.17, 15) is 5.11 Å². The number of aliphatic hydroxyl groups is 1. The van der Waals surface area contributed by atoms with E-state index in [1.165, 1.54) is 5.69 Å². The van der Waals surface area contributed by atoms with Crippen LogP contribution in [0.1, 0.15) is 25.0 Å². The van der Waals surface area contributed by atoms with Crippen molar-refractivity contribution in [3.8, 4) is 11.5 Å². The first-order valence-corrected chi connectivity index (χ1v) is 7.89. The molecule has 0 aliphatic heterocycles. The van der Waals surface area contributed by atoms with Gasteiger partial charge >= 0.3 is 0 Å². The molecule has 2 aromatic rings. The minimum Gasteiger partial charge on any atom is -0.497 e. The number of rotatable bonds is 8. The van der Waals surface area contributed by atoms with Crippen LogP contribution >= 0.6 is 0 Å². The molecule has 0 amide bonds. The van der Waals surface area contributed by atoms with Crippen molar-refractivity contribution in [1.82, 2.24) is 0 Å². The van der Waals surface area contributed by atoms with Crippen LogP contribution in [0.15, 0.2) is 48.5 Å². The molecule has 4 nitrogen and oxygen atoms in total. The van der Waals surface area contributed by atoms with Gasteiger partial charge in [0.1, 0.15) is 11.5 Å². The van der Waals surface area contributed by atoms with Crippen LogP contribution < -0.4 is 14.4 Å². The molecule has 1 N–H and O–H groups in total. The predicted molar refractivity (Wildman–Crippen MR) is 93.5 cm³/mol. The first kappa shape index (κ1) is 17.2. The predicted octanol–water partition coefficient (Wildman–Crippen LogP) is 3.65. The van der Waals surface area contributed by atoms with Crippen LogP contribution in [0.4, 0.5) is 5.69 Å². The summed E-state index contributed by atoms with van der Waals surface area (Å²) in [6, 6.07) is 15.7. The number of para-hydroxylation sites is 1. The van der Waals surface area contributed by atoms with E-state index in [-0.39, 0.29) is 0 Å².